The van der Waals surface area contributed by atoms with E-state index in [1.807, 2.05) is 71.3 Å². The van der Waals surface area contributed by atoms with E-state index in [1.54, 1.807) is 14.2 Å². The molecule has 1 unspecified atom stereocenters. The van der Waals surface area contributed by atoms with Gasteiger partial charge in [-0.05, 0) is 48.4 Å². The van der Waals surface area contributed by atoms with E-state index in [-0.39, 0.29) is 18.0 Å². The maximum atomic E-state index is 13.8. The number of fused-ring (bicyclic) bond motifs is 3. The minimum atomic E-state index is -0.0868. The summed E-state index contributed by atoms with van der Waals surface area (Å²) in [6.45, 7) is 0. The van der Waals surface area contributed by atoms with Crippen LogP contribution in [-0.2, 0) is 9.53 Å². The average molecular weight is 444 g/mol. The number of allylic oxidation sites excluding steroid dienone is 3. The van der Waals surface area contributed by atoms with Gasteiger partial charge in [0.05, 0.1) is 31.3 Å². The maximum absolute atomic E-state index is 13.8. The molecule has 0 bridgehead atoms. The number of nitrogens with two attached hydrogens (primary N) is 1. The molecule has 1 amide bonds. The second kappa shape index (κ2) is 9.48. The fourth-order valence-corrected chi connectivity index (χ4v) is 4.18. The zero-order valence-corrected chi connectivity index (χ0v) is 18.4. The Morgan fingerprint density at radius 2 is 1.79 bits per heavy atom. The van der Waals surface area contributed by atoms with Crippen LogP contribution in [0.15, 0.2) is 83.4 Å². The predicted molar refractivity (Wildman–Crippen MR) is 130 cm³/mol. The lowest BCUT2D eigenvalue weighted by molar-refractivity contribution is -0.106. The molecule has 7 nitrogen and oxygen atoms in total. The van der Waals surface area contributed by atoms with Crippen LogP contribution in [0.2, 0.25) is 0 Å². The van der Waals surface area contributed by atoms with E-state index in [9.17, 15) is 4.79 Å². The second-order valence-electron chi connectivity index (χ2n) is 7.50. The van der Waals surface area contributed by atoms with E-state index in [0.29, 0.717) is 12.0 Å². The van der Waals surface area contributed by atoms with Crippen molar-refractivity contribution in [3.05, 3.63) is 88.9 Å². The third-order valence-corrected chi connectivity index (χ3v) is 5.70. The molecule has 2 aromatic heterocycles. The molecule has 4 aromatic rings. The molecule has 168 valence electrons. The van der Waals surface area contributed by atoms with Crippen LogP contribution >= 0.6 is 0 Å². The molecule has 5 rings (SSSR count). The molecule has 33 heavy (non-hydrogen) atoms. The highest BCUT2D eigenvalue weighted by atomic mass is 16.5. The number of hydrogen-bond donors (Lipinski definition) is 2. The van der Waals surface area contributed by atoms with Crippen LogP contribution in [0.1, 0.15) is 12.5 Å². The van der Waals surface area contributed by atoms with Gasteiger partial charge in [-0.2, -0.15) is 0 Å². The molecule has 0 aliphatic heterocycles. The monoisotopic (exact) mass is 443 g/mol. The average Bonchev–Trinajstić information content (AvgIpc) is 3.22. The van der Waals surface area contributed by atoms with Crippen LogP contribution in [0.4, 0.5) is 0 Å². The number of pyridine rings is 1. The number of methoxy groups -OCH3 is 2. The van der Waals surface area contributed by atoms with Gasteiger partial charge in [0.25, 0.3) is 5.56 Å². The van der Waals surface area contributed by atoms with E-state index in [2.05, 4.69) is 16.8 Å². The normalized spacial score (nSPS) is 15.0. The van der Waals surface area contributed by atoms with Crippen molar-refractivity contribution in [1.82, 2.24) is 9.55 Å². The summed E-state index contributed by atoms with van der Waals surface area (Å²) in [5, 5.41) is 1.04. The Kier molecular flexibility index (Phi) is 6.31. The standard InChI is InChI=1S/C25H22N2O3.CH3NO/c1-29-18-11-7-16(8-12-18)21-15-23-24(20-5-3-4-6-22(20)26-23)27(25(21)28)17-9-13-19(30-2)14-10-17;2-1-3/h3-9,11-15,17,26H,10H2,1-2H3;1H,(H2,2,3). The van der Waals surface area contributed by atoms with Gasteiger partial charge in [0.15, 0.2) is 0 Å². The minimum Gasteiger partial charge on any atom is -0.497 e. The van der Waals surface area contributed by atoms with Gasteiger partial charge in [0, 0.05) is 16.5 Å². The largest absolute Gasteiger partial charge is 0.497 e. The molecule has 7 heteroatoms. The van der Waals surface area contributed by atoms with Gasteiger partial charge in [-0.1, -0.05) is 36.4 Å². The van der Waals surface area contributed by atoms with Crippen LogP contribution in [0.3, 0.4) is 0 Å². The Bertz CT molecular complexity index is 1410. The summed E-state index contributed by atoms with van der Waals surface area (Å²) in [5.74, 6) is 1.58. The molecule has 0 fully saturated rings. The number of amides is 1. The van der Waals surface area contributed by atoms with E-state index in [0.717, 1.165) is 39.0 Å². The Labute approximate surface area is 190 Å². The third kappa shape index (κ3) is 4.13. The van der Waals surface area contributed by atoms with E-state index >= 15 is 0 Å². The lowest BCUT2D eigenvalue weighted by atomic mass is 10.0. The number of nitrogens with one attached hydrogen (secondary N) is 1. The van der Waals surface area contributed by atoms with E-state index < -0.39 is 0 Å². The van der Waals surface area contributed by atoms with Gasteiger partial charge < -0.3 is 20.2 Å². The van der Waals surface area contributed by atoms with Crippen molar-refractivity contribution < 1.29 is 14.3 Å². The van der Waals surface area contributed by atoms with Gasteiger partial charge in [0.2, 0.25) is 6.41 Å². The minimum absolute atomic E-state index is 0.0127. The van der Waals surface area contributed by atoms with Crippen molar-refractivity contribution in [3.8, 4) is 16.9 Å². The zero-order valence-electron chi connectivity index (χ0n) is 18.4. The number of benzene rings is 2. The topological polar surface area (TPSA) is 99.3 Å². The molecule has 0 radical (unpaired) electrons. The number of H-pyrrole nitrogens is 1. The summed E-state index contributed by atoms with van der Waals surface area (Å²) < 4.78 is 12.5. The number of aromatic amines is 1. The first-order valence-corrected chi connectivity index (χ1v) is 10.5. The van der Waals surface area contributed by atoms with Gasteiger partial charge in [-0.3, -0.25) is 14.2 Å². The number of rotatable bonds is 4. The molecule has 0 saturated heterocycles. The number of hydrogen-bond acceptors (Lipinski definition) is 4. The quantitative estimate of drug-likeness (QED) is 0.460. The van der Waals surface area contributed by atoms with Crippen molar-refractivity contribution >= 4 is 28.3 Å². The lowest BCUT2D eigenvalue weighted by Gasteiger charge is -2.21. The summed E-state index contributed by atoms with van der Waals surface area (Å²) in [6, 6.07) is 17.6. The Balaban J connectivity index is 0.000000821. The van der Waals surface area contributed by atoms with Gasteiger partial charge in [-0.15, -0.1) is 0 Å². The zero-order chi connectivity index (χ0) is 23.4. The SMILES string of the molecule is COC1=CCC(n2c(=O)c(-c3ccc(OC)cc3)cc3[nH]c4ccccc4c32)C=C1.NC=O. The van der Waals surface area contributed by atoms with Crippen LogP contribution in [0.25, 0.3) is 33.1 Å². The predicted octanol–water partition coefficient (Wildman–Crippen LogP) is 4.29. The van der Waals surface area contributed by atoms with Crippen LogP contribution < -0.4 is 16.0 Å². The van der Waals surface area contributed by atoms with E-state index in [4.69, 9.17) is 14.3 Å². The van der Waals surface area contributed by atoms with Crippen LogP contribution in [0, 0.1) is 0 Å². The molecule has 2 aromatic carbocycles. The van der Waals surface area contributed by atoms with Gasteiger partial charge >= 0.3 is 0 Å². The number of nitrogens with zero attached hydrogens (tertiary/aromatic N) is 1. The number of para-hydroxylation sites is 1. The number of ether oxygens (including phenoxy) is 2. The molecule has 1 aliphatic carbocycles. The van der Waals surface area contributed by atoms with Crippen molar-refractivity contribution in [2.75, 3.05) is 14.2 Å². The first-order valence-electron chi connectivity index (χ1n) is 10.5. The van der Waals surface area contributed by atoms with Crippen molar-refractivity contribution in [3.63, 3.8) is 0 Å². The molecule has 3 N–H and O–H groups in total. The molecule has 0 spiro atoms. The van der Waals surface area contributed by atoms with Crippen LogP contribution in [0.5, 0.6) is 5.75 Å². The highest BCUT2D eigenvalue weighted by Crippen LogP contribution is 2.32. The lowest BCUT2D eigenvalue weighted by Crippen LogP contribution is -2.26. The number of aromatic nitrogens is 2. The van der Waals surface area contributed by atoms with Gasteiger partial charge in [0.1, 0.15) is 11.5 Å². The first kappa shape index (κ1) is 22.0. The van der Waals surface area contributed by atoms with E-state index in [1.165, 1.54) is 0 Å². The summed E-state index contributed by atoms with van der Waals surface area (Å²) in [6.07, 6.45) is 6.94. The Hall–Kier alpha value is -4.26. The second-order valence-corrected chi connectivity index (χ2v) is 7.50. The Morgan fingerprint density at radius 1 is 1.06 bits per heavy atom. The third-order valence-electron chi connectivity index (χ3n) is 5.70. The molecular weight excluding hydrogens is 418 g/mol. The summed E-state index contributed by atoms with van der Waals surface area (Å²) >= 11 is 0. The fraction of sp³-hybridized carbons (Fsp3) is 0.154. The summed E-state index contributed by atoms with van der Waals surface area (Å²) in [5.41, 5.74) is 8.56. The highest BCUT2D eigenvalue weighted by Gasteiger charge is 2.21. The van der Waals surface area contributed by atoms with Crippen molar-refractivity contribution in [2.45, 2.75) is 12.5 Å². The molecular formula is C26H25N3O4. The summed E-state index contributed by atoms with van der Waals surface area (Å²) in [4.78, 5) is 25.8. The molecule has 1 aliphatic rings. The maximum Gasteiger partial charge on any atom is 0.259 e. The molecule has 2 heterocycles. The van der Waals surface area contributed by atoms with Gasteiger partial charge in [-0.25, -0.2) is 0 Å². The summed E-state index contributed by atoms with van der Waals surface area (Å²) in [7, 11) is 3.29. The van der Waals surface area contributed by atoms with Crippen LogP contribution in [-0.4, -0.2) is 30.2 Å². The number of primary amides is 1. The van der Waals surface area contributed by atoms with Crippen molar-refractivity contribution in [2.24, 2.45) is 5.73 Å². The molecule has 0 saturated carbocycles. The fourth-order valence-electron chi connectivity index (χ4n) is 4.18. The number of carbonyl (C=O) groups is 1. The Morgan fingerprint density at radius 3 is 2.42 bits per heavy atom. The van der Waals surface area contributed by atoms with Crippen molar-refractivity contribution in [1.29, 1.82) is 0 Å². The first-order chi connectivity index (χ1) is 16.1. The number of carbonyl (C=O) groups excluding carboxylic acids is 1. The highest BCUT2D eigenvalue weighted by molar-refractivity contribution is 6.06. The smallest absolute Gasteiger partial charge is 0.259 e. The molecule has 1 atom stereocenters.